The van der Waals surface area contributed by atoms with E-state index in [9.17, 15) is 4.79 Å². The molecule has 0 spiro atoms. The summed E-state index contributed by atoms with van der Waals surface area (Å²) in [5.74, 6) is -0.469. The van der Waals surface area contributed by atoms with Crippen molar-refractivity contribution in [3.05, 3.63) is 28.7 Å². The summed E-state index contributed by atoms with van der Waals surface area (Å²) in [5, 5.41) is 12.2. The highest BCUT2D eigenvalue weighted by Gasteiger charge is 2.38. The van der Waals surface area contributed by atoms with Gasteiger partial charge in [0.1, 0.15) is 5.41 Å². The van der Waals surface area contributed by atoms with Gasteiger partial charge in [-0.3, -0.25) is 4.98 Å². The van der Waals surface area contributed by atoms with Crippen molar-refractivity contribution in [2.45, 2.75) is 0 Å². The summed E-state index contributed by atoms with van der Waals surface area (Å²) in [5.41, 5.74) is 1.56. The van der Waals surface area contributed by atoms with Crippen LogP contribution in [0.1, 0.15) is 0 Å². The number of nitrogens with zero attached hydrogens (tertiary/aromatic N) is 1. The smallest absolute Gasteiger partial charge is 0.408 e. The van der Waals surface area contributed by atoms with Crippen LogP contribution in [0.15, 0.2) is 27.4 Å². The molecule has 0 unspecified atom stereocenters. The maximum Gasteiger partial charge on any atom is 0.417 e. The number of aromatic amines is 1. The molecular weight excluding hydrogens is 234 g/mol. The van der Waals surface area contributed by atoms with Crippen molar-refractivity contribution in [2.75, 3.05) is 25.1 Å². The average molecular weight is 245 g/mol. The molecule has 1 aromatic heterocycles. The average Bonchev–Trinajstić information content (AvgIpc) is 2.67. The number of aromatic nitrogens is 1. The highest BCUT2D eigenvalue weighted by molar-refractivity contribution is 5.76. The molecule has 6 heteroatoms. The van der Waals surface area contributed by atoms with Crippen LogP contribution in [0.3, 0.4) is 0 Å². The Morgan fingerprint density at radius 1 is 1.50 bits per heavy atom. The van der Waals surface area contributed by atoms with E-state index in [2.05, 4.69) is 16.4 Å². The highest BCUT2D eigenvalue weighted by Crippen LogP contribution is 2.27. The summed E-state index contributed by atoms with van der Waals surface area (Å²) in [7, 11) is 0. The molecule has 0 atom stereocenters. The molecule has 1 aliphatic rings. The number of hydrogen-bond acceptors (Lipinski definition) is 5. The number of benzene rings is 1. The molecule has 92 valence electrons. The molecule has 0 radical (unpaired) electrons. The maximum atomic E-state index is 11.0. The van der Waals surface area contributed by atoms with E-state index in [0.717, 1.165) is 5.69 Å². The Hall–Kier alpha value is -2.26. The molecular formula is C12H11N3O3. The standard InChI is InChI=1S/C12H11N3O3/c13-4-12(6-17-7-12)5-14-8-1-2-10-9(3-8)15-11(16)18-10/h1-3,14H,5-7H2,(H,15,16). The molecule has 1 aromatic carbocycles. The van der Waals surface area contributed by atoms with E-state index in [0.29, 0.717) is 30.9 Å². The molecule has 6 nitrogen and oxygen atoms in total. The second-order valence-corrected chi connectivity index (χ2v) is 4.46. The zero-order valence-electron chi connectivity index (χ0n) is 9.53. The number of rotatable bonds is 3. The molecule has 1 saturated heterocycles. The first-order valence-electron chi connectivity index (χ1n) is 5.57. The lowest BCUT2D eigenvalue weighted by molar-refractivity contribution is -0.0690. The molecule has 1 aliphatic heterocycles. The van der Waals surface area contributed by atoms with Crippen molar-refractivity contribution >= 4 is 16.8 Å². The topological polar surface area (TPSA) is 91.0 Å². The molecule has 1 fully saturated rings. The van der Waals surface area contributed by atoms with Crippen LogP contribution in [0.25, 0.3) is 11.1 Å². The SMILES string of the molecule is N#CC1(CNc2ccc3oc(=O)[nH]c3c2)COC1. The van der Waals surface area contributed by atoms with Crippen molar-refractivity contribution < 1.29 is 9.15 Å². The molecule has 0 saturated carbocycles. The molecule has 3 rings (SSSR count). The lowest BCUT2D eigenvalue weighted by Gasteiger charge is -2.35. The van der Waals surface area contributed by atoms with Gasteiger partial charge in [0, 0.05) is 12.2 Å². The van der Waals surface area contributed by atoms with Gasteiger partial charge in [-0.1, -0.05) is 0 Å². The fraction of sp³-hybridized carbons (Fsp3) is 0.333. The third-order valence-corrected chi connectivity index (χ3v) is 3.04. The van der Waals surface area contributed by atoms with Crippen molar-refractivity contribution in [1.82, 2.24) is 4.98 Å². The Bertz CT molecular complexity index is 676. The summed E-state index contributed by atoms with van der Waals surface area (Å²) in [6.45, 7) is 1.44. The van der Waals surface area contributed by atoms with Crippen LogP contribution in [-0.4, -0.2) is 24.7 Å². The molecule has 2 aromatic rings. The first kappa shape index (κ1) is 10.9. The number of nitrogens with one attached hydrogen (secondary N) is 2. The van der Waals surface area contributed by atoms with Crippen LogP contribution in [0.4, 0.5) is 5.69 Å². The monoisotopic (exact) mass is 245 g/mol. The molecule has 2 heterocycles. The number of ether oxygens (including phenoxy) is 1. The predicted octanol–water partition coefficient (Wildman–Crippen LogP) is 1.07. The van der Waals surface area contributed by atoms with Gasteiger partial charge in [-0.05, 0) is 18.2 Å². The summed E-state index contributed by atoms with van der Waals surface area (Å²) in [4.78, 5) is 13.6. The fourth-order valence-corrected chi connectivity index (χ4v) is 1.89. The number of anilines is 1. The van der Waals surface area contributed by atoms with E-state index < -0.39 is 11.2 Å². The maximum absolute atomic E-state index is 11.0. The van der Waals surface area contributed by atoms with Gasteiger partial charge in [-0.15, -0.1) is 0 Å². The zero-order chi connectivity index (χ0) is 12.6. The first-order valence-corrected chi connectivity index (χ1v) is 5.57. The van der Waals surface area contributed by atoms with Gasteiger partial charge in [0.25, 0.3) is 0 Å². The Labute approximate surface area is 102 Å². The molecule has 0 amide bonds. The molecule has 18 heavy (non-hydrogen) atoms. The highest BCUT2D eigenvalue weighted by atomic mass is 16.5. The van der Waals surface area contributed by atoms with Crippen molar-refractivity contribution in [2.24, 2.45) is 5.41 Å². The van der Waals surface area contributed by atoms with Gasteiger partial charge < -0.3 is 14.5 Å². The molecule has 2 N–H and O–H groups in total. The number of oxazole rings is 1. The number of fused-ring (bicyclic) bond motifs is 1. The summed E-state index contributed by atoms with van der Waals surface area (Å²) < 4.78 is 9.98. The second kappa shape index (κ2) is 3.89. The molecule has 0 aliphatic carbocycles. The Morgan fingerprint density at radius 3 is 3.00 bits per heavy atom. The van der Waals surface area contributed by atoms with Crippen molar-refractivity contribution in [3.8, 4) is 6.07 Å². The summed E-state index contributed by atoms with van der Waals surface area (Å²) in [6.07, 6.45) is 0. The fourth-order valence-electron chi connectivity index (χ4n) is 1.89. The Balaban J connectivity index is 1.78. The van der Waals surface area contributed by atoms with E-state index in [1.165, 1.54) is 0 Å². The first-order chi connectivity index (χ1) is 8.71. The van der Waals surface area contributed by atoms with Gasteiger partial charge in [-0.2, -0.15) is 5.26 Å². The van der Waals surface area contributed by atoms with Gasteiger partial charge in [0.15, 0.2) is 5.58 Å². The summed E-state index contributed by atoms with van der Waals surface area (Å²) >= 11 is 0. The van der Waals surface area contributed by atoms with E-state index in [4.69, 9.17) is 14.4 Å². The Kier molecular flexibility index (Phi) is 2.35. The van der Waals surface area contributed by atoms with Crippen LogP contribution < -0.4 is 11.1 Å². The van der Waals surface area contributed by atoms with E-state index in [-0.39, 0.29) is 0 Å². The zero-order valence-corrected chi connectivity index (χ0v) is 9.53. The molecule has 0 bridgehead atoms. The van der Waals surface area contributed by atoms with Crippen molar-refractivity contribution in [1.29, 1.82) is 5.26 Å². The van der Waals surface area contributed by atoms with E-state index in [1.807, 2.05) is 6.07 Å². The van der Waals surface area contributed by atoms with Crippen LogP contribution in [0.5, 0.6) is 0 Å². The Morgan fingerprint density at radius 2 is 2.33 bits per heavy atom. The van der Waals surface area contributed by atoms with E-state index in [1.54, 1.807) is 12.1 Å². The summed E-state index contributed by atoms with van der Waals surface area (Å²) in [6, 6.07) is 7.57. The lowest BCUT2D eigenvalue weighted by Crippen LogP contribution is -2.46. The van der Waals surface area contributed by atoms with Gasteiger partial charge in [0.2, 0.25) is 0 Å². The number of H-pyrrole nitrogens is 1. The van der Waals surface area contributed by atoms with Crippen LogP contribution in [-0.2, 0) is 4.74 Å². The van der Waals surface area contributed by atoms with Crippen LogP contribution in [0, 0.1) is 16.7 Å². The van der Waals surface area contributed by atoms with E-state index >= 15 is 0 Å². The van der Waals surface area contributed by atoms with Crippen LogP contribution in [0.2, 0.25) is 0 Å². The quantitative estimate of drug-likeness (QED) is 0.844. The minimum absolute atomic E-state index is 0.432. The largest absolute Gasteiger partial charge is 0.417 e. The number of hydrogen-bond donors (Lipinski definition) is 2. The minimum Gasteiger partial charge on any atom is -0.408 e. The van der Waals surface area contributed by atoms with Gasteiger partial charge in [-0.25, -0.2) is 4.79 Å². The van der Waals surface area contributed by atoms with Gasteiger partial charge in [0.05, 0.1) is 24.8 Å². The predicted molar refractivity (Wildman–Crippen MR) is 64.2 cm³/mol. The third kappa shape index (κ3) is 1.75. The number of nitriles is 1. The lowest BCUT2D eigenvalue weighted by atomic mass is 9.88. The normalized spacial score (nSPS) is 17.1. The third-order valence-electron chi connectivity index (χ3n) is 3.04. The van der Waals surface area contributed by atoms with Gasteiger partial charge >= 0.3 is 5.76 Å². The second-order valence-electron chi connectivity index (χ2n) is 4.46. The minimum atomic E-state index is -0.469. The van der Waals surface area contributed by atoms with Crippen molar-refractivity contribution in [3.63, 3.8) is 0 Å². The van der Waals surface area contributed by atoms with Crippen LogP contribution >= 0.6 is 0 Å².